The Bertz CT molecular complexity index is 847. The van der Waals surface area contributed by atoms with Gasteiger partial charge in [0.25, 0.3) is 5.69 Å². The van der Waals surface area contributed by atoms with Crippen LogP contribution in [0.3, 0.4) is 0 Å². The zero-order chi connectivity index (χ0) is 18.5. The Labute approximate surface area is 150 Å². The largest absolute Gasteiger partial charge is 0.347 e. The first kappa shape index (κ1) is 17.3. The predicted octanol–water partition coefficient (Wildman–Crippen LogP) is 2.53. The summed E-state index contributed by atoms with van der Waals surface area (Å²) in [5, 5.41) is 13.4. The van der Waals surface area contributed by atoms with Crippen molar-refractivity contribution in [1.82, 2.24) is 5.32 Å². The maximum atomic E-state index is 12.1. The molecule has 0 bridgehead atoms. The number of anilines is 1. The van der Waals surface area contributed by atoms with Crippen LogP contribution in [0.25, 0.3) is 6.08 Å². The lowest BCUT2D eigenvalue weighted by Crippen LogP contribution is -2.36. The number of carbonyl (C=O) groups is 2. The van der Waals surface area contributed by atoms with Crippen molar-refractivity contribution in [3.05, 3.63) is 76.4 Å². The Hall–Kier alpha value is -3.48. The fraction of sp³-hybridized carbons (Fsp3) is 0.158. The molecule has 1 N–H and O–H groups in total. The third-order valence-electron chi connectivity index (χ3n) is 4.07. The van der Waals surface area contributed by atoms with Crippen molar-refractivity contribution >= 4 is 29.3 Å². The second-order valence-electron chi connectivity index (χ2n) is 5.93. The van der Waals surface area contributed by atoms with E-state index in [0.717, 1.165) is 5.69 Å². The van der Waals surface area contributed by atoms with E-state index < -0.39 is 4.92 Å². The topological polar surface area (TPSA) is 92.5 Å². The fourth-order valence-corrected chi connectivity index (χ4v) is 2.79. The summed E-state index contributed by atoms with van der Waals surface area (Å²) in [6, 6.07) is 15.0. The number of nitro benzene ring substituents is 1. The van der Waals surface area contributed by atoms with E-state index in [0.29, 0.717) is 12.1 Å². The van der Waals surface area contributed by atoms with Crippen LogP contribution in [0.1, 0.15) is 12.0 Å². The minimum Gasteiger partial charge on any atom is -0.347 e. The zero-order valence-corrected chi connectivity index (χ0v) is 13.9. The first-order chi connectivity index (χ1) is 12.5. The number of carbonyl (C=O) groups excluding carboxylic acids is 2. The summed E-state index contributed by atoms with van der Waals surface area (Å²) in [7, 11) is 0. The van der Waals surface area contributed by atoms with Gasteiger partial charge in [-0.15, -0.1) is 0 Å². The van der Waals surface area contributed by atoms with Crippen molar-refractivity contribution in [2.45, 2.75) is 12.5 Å². The number of non-ortho nitro benzene ring substituents is 1. The molecule has 7 heteroatoms. The van der Waals surface area contributed by atoms with Crippen LogP contribution in [0.4, 0.5) is 11.4 Å². The molecule has 0 saturated carbocycles. The molecule has 132 valence electrons. The molecule has 0 aromatic heterocycles. The van der Waals surface area contributed by atoms with E-state index in [2.05, 4.69) is 5.32 Å². The number of nitro groups is 1. The molecule has 1 fully saturated rings. The summed E-state index contributed by atoms with van der Waals surface area (Å²) in [4.78, 5) is 36.0. The lowest BCUT2D eigenvalue weighted by molar-refractivity contribution is -0.384. The van der Waals surface area contributed by atoms with Gasteiger partial charge in [-0.25, -0.2) is 0 Å². The highest BCUT2D eigenvalue weighted by molar-refractivity contribution is 5.98. The molecule has 0 radical (unpaired) electrons. The number of nitrogens with one attached hydrogen (secondary N) is 1. The minimum atomic E-state index is -0.476. The Morgan fingerprint density at radius 2 is 1.85 bits per heavy atom. The number of para-hydroxylation sites is 1. The summed E-state index contributed by atoms with van der Waals surface area (Å²) in [6.07, 6.45) is 3.19. The van der Waals surface area contributed by atoms with E-state index in [-0.39, 0.29) is 30.0 Å². The average molecular weight is 351 g/mol. The molecule has 2 aromatic rings. The van der Waals surface area contributed by atoms with E-state index in [1.54, 1.807) is 23.1 Å². The minimum absolute atomic E-state index is 0.00271. The molecule has 2 aromatic carbocycles. The van der Waals surface area contributed by atoms with Crippen molar-refractivity contribution in [1.29, 1.82) is 0 Å². The van der Waals surface area contributed by atoms with E-state index >= 15 is 0 Å². The van der Waals surface area contributed by atoms with Crippen LogP contribution in [-0.2, 0) is 9.59 Å². The standard InChI is InChI=1S/C19H17N3O4/c23-18(11-8-14-6-9-17(10-7-14)22(25)26)20-15-12-19(24)21(13-15)16-4-2-1-3-5-16/h1-11,15H,12-13H2,(H,20,23)/b11-8-/t15-/m1/s1. The van der Waals surface area contributed by atoms with Crippen molar-refractivity contribution in [2.24, 2.45) is 0 Å². The highest BCUT2D eigenvalue weighted by Gasteiger charge is 2.31. The van der Waals surface area contributed by atoms with Gasteiger partial charge in [0.05, 0.1) is 11.0 Å². The van der Waals surface area contributed by atoms with Crippen molar-refractivity contribution in [3.63, 3.8) is 0 Å². The fourth-order valence-electron chi connectivity index (χ4n) is 2.79. The molecule has 7 nitrogen and oxygen atoms in total. The Morgan fingerprint density at radius 1 is 1.15 bits per heavy atom. The smallest absolute Gasteiger partial charge is 0.269 e. The van der Waals surface area contributed by atoms with Crippen LogP contribution in [0.15, 0.2) is 60.7 Å². The van der Waals surface area contributed by atoms with Gasteiger partial charge in [-0.1, -0.05) is 18.2 Å². The second-order valence-corrected chi connectivity index (χ2v) is 5.93. The van der Waals surface area contributed by atoms with E-state index in [4.69, 9.17) is 0 Å². The number of benzene rings is 2. The monoisotopic (exact) mass is 351 g/mol. The Morgan fingerprint density at radius 3 is 2.50 bits per heavy atom. The first-order valence-corrected chi connectivity index (χ1v) is 8.11. The summed E-state index contributed by atoms with van der Waals surface area (Å²) < 4.78 is 0. The van der Waals surface area contributed by atoms with E-state index in [1.807, 2.05) is 30.3 Å². The van der Waals surface area contributed by atoms with Crippen LogP contribution in [0.2, 0.25) is 0 Å². The summed E-state index contributed by atoms with van der Waals surface area (Å²) in [6.45, 7) is 0.431. The quantitative estimate of drug-likeness (QED) is 0.509. The third kappa shape index (κ3) is 4.13. The molecule has 2 amide bonds. The van der Waals surface area contributed by atoms with Crippen LogP contribution in [0.5, 0.6) is 0 Å². The van der Waals surface area contributed by atoms with Gasteiger partial charge < -0.3 is 10.2 Å². The lowest BCUT2D eigenvalue weighted by atomic mass is 10.2. The molecular weight excluding hydrogens is 334 g/mol. The van der Waals surface area contributed by atoms with Gasteiger partial charge in [0, 0.05) is 36.9 Å². The molecule has 3 rings (SSSR count). The molecule has 1 aliphatic rings. The van der Waals surface area contributed by atoms with Crippen molar-refractivity contribution in [3.8, 4) is 0 Å². The van der Waals surface area contributed by atoms with Gasteiger partial charge in [0.2, 0.25) is 11.8 Å². The average Bonchev–Trinajstić information content (AvgIpc) is 3.01. The summed E-state index contributed by atoms with van der Waals surface area (Å²) in [5.74, 6) is -0.336. The highest BCUT2D eigenvalue weighted by Crippen LogP contribution is 2.21. The molecule has 1 heterocycles. The Kier molecular flexibility index (Phi) is 5.07. The van der Waals surface area contributed by atoms with E-state index in [1.165, 1.54) is 18.2 Å². The van der Waals surface area contributed by atoms with Gasteiger partial charge in [0.15, 0.2) is 0 Å². The predicted molar refractivity (Wildman–Crippen MR) is 97.5 cm³/mol. The number of hydrogen-bond donors (Lipinski definition) is 1. The van der Waals surface area contributed by atoms with Crippen LogP contribution < -0.4 is 10.2 Å². The van der Waals surface area contributed by atoms with Gasteiger partial charge in [-0.05, 0) is 35.9 Å². The number of nitrogens with zero attached hydrogens (tertiary/aromatic N) is 2. The van der Waals surface area contributed by atoms with Gasteiger partial charge >= 0.3 is 0 Å². The summed E-state index contributed by atoms with van der Waals surface area (Å²) in [5.41, 5.74) is 1.49. The molecule has 1 saturated heterocycles. The summed E-state index contributed by atoms with van der Waals surface area (Å²) >= 11 is 0. The van der Waals surface area contributed by atoms with Crippen LogP contribution >= 0.6 is 0 Å². The SMILES string of the molecule is O=C(/C=C\c1ccc([N+](=O)[O-])cc1)N[C@@H]1CC(=O)N(c2ccccc2)C1. The molecule has 0 spiro atoms. The van der Waals surface area contributed by atoms with Gasteiger partial charge in [-0.2, -0.15) is 0 Å². The van der Waals surface area contributed by atoms with Gasteiger partial charge in [-0.3, -0.25) is 19.7 Å². The lowest BCUT2D eigenvalue weighted by Gasteiger charge is -2.16. The normalized spacial score (nSPS) is 16.8. The van der Waals surface area contributed by atoms with Crippen molar-refractivity contribution in [2.75, 3.05) is 11.4 Å². The number of amides is 2. The molecule has 0 aliphatic carbocycles. The first-order valence-electron chi connectivity index (χ1n) is 8.11. The highest BCUT2D eigenvalue weighted by atomic mass is 16.6. The second kappa shape index (κ2) is 7.60. The number of rotatable bonds is 5. The van der Waals surface area contributed by atoms with Gasteiger partial charge in [0.1, 0.15) is 0 Å². The maximum absolute atomic E-state index is 12.1. The molecule has 26 heavy (non-hydrogen) atoms. The van der Waals surface area contributed by atoms with Crippen LogP contribution in [-0.4, -0.2) is 29.3 Å². The van der Waals surface area contributed by atoms with Crippen molar-refractivity contribution < 1.29 is 14.5 Å². The zero-order valence-electron chi connectivity index (χ0n) is 13.9. The van der Waals surface area contributed by atoms with E-state index in [9.17, 15) is 19.7 Å². The number of hydrogen-bond acceptors (Lipinski definition) is 4. The maximum Gasteiger partial charge on any atom is 0.269 e. The molecule has 0 unspecified atom stereocenters. The Balaban J connectivity index is 1.57. The molecule has 1 atom stereocenters. The molecular formula is C19H17N3O4. The third-order valence-corrected chi connectivity index (χ3v) is 4.07. The molecule has 1 aliphatic heterocycles. The van der Waals surface area contributed by atoms with Crippen LogP contribution in [0, 0.1) is 10.1 Å².